The quantitative estimate of drug-likeness (QED) is 0.478. The first-order chi connectivity index (χ1) is 6.26. The van der Waals surface area contributed by atoms with Crippen molar-refractivity contribution >= 4 is 12.7 Å². The van der Waals surface area contributed by atoms with Crippen molar-refractivity contribution < 1.29 is 9.47 Å². The maximum absolute atomic E-state index is 7.44. The molecule has 0 saturated carbocycles. The van der Waals surface area contributed by atoms with E-state index in [4.69, 9.17) is 14.9 Å². The summed E-state index contributed by atoms with van der Waals surface area (Å²) in [6.07, 6.45) is 0. The van der Waals surface area contributed by atoms with Gasteiger partial charge in [0.1, 0.15) is 0 Å². The average molecular weight is 187 g/mol. The smallest absolute Gasteiger partial charge is 0.217 e. The maximum Gasteiger partial charge on any atom is 0.217 e. The van der Waals surface area contributed by atoms with Crippen LogP contribution >= 0.6 is 0 Å². The first-order valence-electron chi connectivity index (χ1n) is 4.04. The van der Waals surface area contributed by atoms with E-state index in [0.29, 0.717) is 26.3 Å². The number of rotatable bonds is 6. The van der Waals surface area contributed by atoms with Gasteiger partial charge in [-0.15, -0.1) is 0 Å². The molecule has 76 valence electrons. The first-order valence-corrected chi connectivity index (χ1v) is 4.04. The molecule has 0 saturated heterocycles. The molecule has 0 aliphatic heterocycles. The van der Waals surface area contributed by atoms with Gasteiger partial charge in [0.25, 0.3) is 0 Å². The van der Waals surface area contributed by atoms with Gasteiger partial charge in [-0.1, -0.05) is 0 Å². The number of ether oxygens (including phenoxy) is 2. The minimum absolute atomic E-state index is 0.161. The molecule has 0 aliphatic carbocycles. The van der Waals surface area contributed by atoms with Crippen molar-refractivity contribution in [3.05, 3.63) is 0 Å². The van der Waals surface area contributed by atoms with Crippen LogP contribution in [0.15, 0.2) is 4.99 Å². The zero-order chi connectivity index (χ0) is 10.1. The van der Waals surface area contributed by atoms with E-state index in [1.807, 2.05) is 0 Å². The highest BCUT2D eigenvalue weighted by atomic mass is 16.5. The lowest BCUT2D eigenvalue weighted by Gasteiger charge is -2.21. The van der Waals surface area contributed by atoms with E-state index in [0.717, 1.165) is 0 Å². The van der Waals surface area contributed by atoms with Crippen LogP contribution in [0.2, 0.25) is 0 Å². The van der Waals surface area contributed by atoms with E-state index in [9.17, 15) is 0 Å². The molecule has 0 aromatic heterocycles. The molecule has 0 rings (SSSR count). The van der Waals surface area contributed by atoms with Crippen molar-refractivity contribution in [3.8, 4) is 0 Å². The van der Waals surface area contributed by atoms with Gasteiger partial charge >= 0.3 is 0 Å². The van der Waals surface area contributed by atoms with Crippen LogP contribution in [0.5, 0.6) is 0 Å². The summed E-state index contributed by atoms with van der Waals surface area (Å²) in [4.78, 5) is 5.29. The number of guanidine groups is 1. The van der Waals surface area contributed by atoms with Crippen LogP contribution in [0.4, 0.5) is 0 Å². The highest BCUT2D eigenvalue weighted by Gasteiger charge is 2.06. The van der Waals surface area contributed by atoms with Crippen molar-refractivity contribution in [2.75, 3.05) is 40.5 Å². The molecular weight excluding hydrogens is 170 g/mol. The van der Waals surface area contributed by atoms with Crippen molar-refractivity contribution in [3.63, 3.8) is 0 Å². The largest absolute Gasteiger partial charge is 0.383 e. The number of methoxy groups -OCH3 is 2. The Morgan fingerprint density at radius 3 is 2.08 bits per heavy atom. The normalized spacial score (nSPS) is 9.69. The van der Waals surface area contributed by atoms with Crippen molar-refractivity contribution in [2.24, 2.45) is 4.99 Å². The predicted molar refractivity (Wildman–Crippen MR) is 52.6 cm³/mol. The van der Waals surface area contributed by atoms with Crippen LogP contribution < -0.4 is 0 Å². The predicted octanol–water partition coefficient (Wildman–Crippen LogP) is 0.217. The van der Waals surface area contributed by atoms with Crippen molar-refractivity contribution in [1.82, 2.24) is 4.90 Å². The van der Waals surface area contributed by atoms with Gasteiger partial charge in [-0.25, -0.2) is 4.99 Å². The fourth-order valence-corrected chi connectivity index (χ4v) is 0.827. The number of nitrogens with one attached hydrogen (secondary N) is 1. The van der Waals surface area contributed by atoms with Gasteiger partial charge in [-0.2, -0.15) is 0 Å². The standard InChI is InChI=1S/C8H17N3O2/c1-10-8(9)11(4-6-12-2)5-7-13-3/h9H,1,4-7H2,2-3H3. The van der Waals surface area contributed by atoms with E-state index < -0.39 is 0 Å². The molecule has 0 heterocycles. The third-order valence-electron chi connectivity index (χ3n) is 1.58. The average Bonchev–Trinajstić information content (AvgIpc) is 2.17. The Bertz CT molecular complexity index is 153. The second kappa shape index (κ2) is 7.70. The number of hydrogen-bond donors (Lipinski definition) is 1. The zero-order valence-corrected chi connectivity index (χ0v) is 8.25. The molecule has 0 aromatic carbocycles. The second-order valence-corrected chi connectivity index (χ2v) is 2.45. The Labute approximate surface area is 78.9 Å². The lowest BCUT2D eigenvalue weighted by molar-refractivity contribution is 0.145. The van der Waals surface area contributed by atoms with Crippen LogP contribution in [0.3, 0.4) is 0 Å². The molecule has 1 N–H and O–H groups in total. The fourth-order valence-electron chi connectivity index (χ4n) is 0.827. The molecule has 0 aliphatic rings. The molecule has 5 nitrogen and oxygen atoms in total. The van der Waals surface area contributed by atoms with Gasteiger partial charge in [-0.05, 0) is 6.72 Å². The van der Waals surface area contributed by atoms with Crippen LogP contribution in [-0.4, -0.2) is 58.1 Å². The number of hydrogen-bond acceptors (Lipinski definition) is 3. The van der Waals surface area contributed by atoms with E-state index in [2.05, 4.69) is 11.7 Å². The Morgan fingerprint density at radius 2 is 1.77 bits per heavy atom. The summed E-state index contributed by atoms with van der Waals surface area (Å²) in [7, 11) is 3.25. The fraction of sp³-hybridized carbons (Fsp3) is 0.750. The van der Waals surface area contributed by atoms with Crippen LogP contribution in [0.1, 0.15) is 0 Å². The minimum atomic E-state index is 0.161. The van der Waals surface area contributed by atoms with Crippen LogP contribution in [-0.2, 0) is 9.47 Å². The summed E-state index contributed by atoms with van der Waals surface area (Å²) in [5.41, 5.74) is 0. The van der Waals surface area contributed by atoms with Crippen LogP contribution in [0.25, 0.3) is 0 Å². The number of nitrogens with zero attached hydrogens (tertiary/aromatic N) is 2. The van der Waals surface area contributed by atoms with E-state index in [-0.39, 0.29) is 5.96 Å². The summed E-state index contributed by atoms with van der Waals surface area (Å²) in [6, 6.07) is 0. The van der Waals surface area contributed by atoms with Crippen molar-refractivity contribution in [2.45, 2.75) is 0 Å². The van der Waals surface area contributed by atoms with Crippen LogP contribution in [0, 0.1) is 5.41 Å². The summed E-state index contributed by atoms with van der Waals surface area (Å²) in [6.45, 7) is 5.72. The van der Waals surface area contributed by atoms with E-state index in [1.165, 1.54) is 0 Å². The Morgan fingerprint density at radius 1 is 1.31 bits per heavy atom. The van der Waals surface area contributed by atoms with Gasteiger partial charge in [0.05, 0.1) is 13.2 Å². The summed E-state index contributed by atoms with van der Waals surface area (Å²) < 4.78 is 9.81. The first kappa shape index (κ1) is 12.1. The molecule has 0 unspecified atom stereocenters. The van der Waals surface area contributed by atoms with Gasteiger partial charge in [0.2, 0.25) is 5.96 Å². The summed E-state index contributed by atoms with van der Waals surface area (Å²) in [5, 5.41) is 7.44. The molecule has 0 radical (unpaired) electrons. The molecule has 0 atom stereocenters. The lowest BCUT2D eigenvalue weighted by atomic mass is 10.5. The lowest BCUT2D eigenvalue weighted by Crippen LogP contribution is -2.34. The Hall–Kier alpha value is -0.940. The minimum Gasteiger partial charge on any atom is -0.383 e. The zero-order valence-electron chi connectivity index (χ0n) is 8.25. The Kier molecular flexibility index (Phi) is 7.14. The SMILES string of the molecule is C=NC(=N)N(CCOC)CCOC. The molecule has 0 spiro atoms. The monoisotopic (exact) mass is 187 g/mol. The second-order valence-electron chi connectivity index (χ2n) is 2.45. The molecule has 0 aromatic rings. The maximum atomic E-state index is 7.44. The van der Waals surface area contributed by atoms with Crippen molar-refractivity contribution in [1.29, 1.82) is 5.41 Å². The van der Waals surface area contributed by atoms with Gasteiger partial charge < -0.3 is 14.4 Å². The van der Waals surface area contributed by atoms with E-state index in [1.54, 1.807) is 19.1 Å². The number of aliphatic imine (C=N–C) groups is 1. The van der Waals surface area contributed by atoms with Gasteiger partial charge in [0.15, 0.2) is 0 Å². The third kappa shape index (κ3) is 5.32. The van der Waals surface area contributed by atoms with Gasteiger partial charge in [0, 0.05) is 27.3 Å². The Balaban J connectivity index is 3.86. The molecule has 0 bridgehead atoms. The molecular formula is C8H17N3O2. The molecule has 13 heavy (non-hydrogen) atoms. The molecule has 0 fully saturated rings. The molecule has 5 heteroatoms. The summed E-state index contributed by atoms with van der Waals surface area (Å²) in [5.74, 6) is 0.161. The summed E-state index contributed by atoms with van der Waals surface area (Å²) >= 11 is 0. The molecule has 0 amide bonds. The van der Waals surface area contributed by atoms with E-state index >= 15 is 0 Å². The third-order valence-corrected chi connectivity index (χ3v) is 1.58. The highest BCUT2D eigenvalue weighted by molar-refractivity contribution is 5.81. The van der Waals surface area contributed by atoms with Gasteiger partial charge in [-0.3, -0.25) is 5.41 Å². The highest BCUT2D eigenvalue weighted by Crippen LogP contribution is 1.91. The topological polar surface area (TPSA) is 57.9 Å².